The van der Waals surface area contributed by atoms with Gasteiger partial charge in [0.15, 0.2) is 0 Å². The number of benzene rings is 1. The van der Waals surface area contributed by atoms with E-state index in [1.54, 1.807) is 23.3 Å². The van der Waals surface area contributed by atoms with E-state index in [0.717, 1.165) is 15.4 Å². The molecule has 0 atom stereocenters. The van der Waals surface area contributed by atoms with Gasteiger partial charge in [-0.2, -0.15) is 0 Å². The Morgan fingerprint density at radius 1 is 1.20 bits per heavy atom. The lowest BCUT2D eigenvalue weighted by Gasteiger charge is -2.18. The first-order valence-electron chi connectivity index (χ1n) is 7.89. The van der Waals surface area contributed by atoms with Gasteiger partial charge < -0.3 is 4.74 Å². The number of thiophene rings is 1. The van der Waals surface area contributed by atoms with Crippen LogP contribution in [0.5, 0.6) is 0 Å². The van der Waals surface area contributed by atoms with E-state index in [1.165, 1.54) is 16.9 Å². The molecule has 0 unspecified atom stereocenters. The zero-order valence-corrected chi connectivity index (χ0v) is 15.8. The molecule has 3 aromatic rings. The number of carbonyl (C=O) groups excluding carboxylic acids is 1. The van der Waals surface area contributed by atoms with Crippen molar-refractivity contribution in [3.05, 3.63) is 52.2 Å². The van der Waals surface area contributed by atoms with Crippen molar-refractivity contribution < 1.29 is 9.53 Å². The average molecular weight is 374 g/mol. The van der Waals surface area contributed by atoms with Gasteiger partial charge in [0, 0.05) is 17.6 Å². The largest absolute Gasteiger partial charge is 0.383 e. The maximum absolute atomic E-state index is 12.7. The Labute approximate surface area is 154 Å². The van der Waals surface area contributed by atoms with Gasteiger partial charge in [-0.25, -0.2) is 0 Å². The number of rotatable bonds is 7. The molecule has 3 rings (SSSR count). The second kappa shape index (κ2) is 8.33. The van der Waals surface area contributed by atoms with Crippen molar-refractivity contribution in [3.63, 3.8) is 0 Å². The first kappa shape index (κ1) is 17.7. The number of hydrogen-bond acceptors (Lipinski definition) is 6. The van der Waals surface area contributed by atoms with E-state index in [-0.39, 0.29) is 5.91 Å². The van der Waals surface area contributed by atoms with Gasteiger partial charge in [0.2, 0.25) is 11.0 Å². The molecule has 0 bridgehead atoms. The summed E-state index contributed by atoms with van der Waals surface area (Å²) in [5.74, 6) is 0.00565. The van der Waals surface area contributed by atoms with Crippen molar-refractivity contribution in [1.29, 1.82) is 0 Å². The summed E-state index contributed by atoms with van der Waals surface area (Å²) in [6.45, 7) is 2.96. The quantitative estimate of drug-likeness (QED) is 0.632. The molecule has 7 heteroatoms. The minimum absolute atomic E-state index is 0.00565. The average Bonchev–Trinajstić information content (AvgIpc) is 3.28. The van der Waals surface area contributed by atoms with Gasteiger partial charge in [0.25, 0.3) is 0 Å². The third-order valence-corrected chi connectivity index (χ3v) is 5.54. The summed E-state index contributed by atoms with van der Waals surface area (Å²) in [6, 6.07) is 12.0. The van der Waals surface area contributed by atoms with E-state index in [4.69, 9.17) is 4.74 Å². The molecule has 0 saturated carbocycles. The molecule has 0 aliphatic carbocycles. The molecule has 130 valence electrons. The third-order valence-electron chi connectivity index (χ3n) is 3.67. The molecule has 0 saturated heterocycles. The van der Waals surface area contributed by atoms with Crippen LogP contribution in [-0.4, -0.2) is 36.4 Å². The summed E-state index contributed by atoms with van der Waals surface area (Å²) in [5, 5.41) is 11.9. The van der Waals surface area contributed by atoms with E-state index in [2.05, 4.69) is 10.2 Å². The van der Waals surface area contributed by atoms with Crippen molar-refractivity contribution in [2.24, 2.45) is 0 Å². The van der Waals surface area contributed by atoms with Crippen molar-refractivity contribution in [3.8, 4) is 10.6 Å². The van der Waals surface area contributed by atoms with E-state index >= 15 is 0 Å². The van der Waals surface area contributed by atoms with Gasteiger partial charge in [-0.1, -0.05) is 47.2 Å². The van der Waals surface area contributed by atoms with Crippen LogP contribution in [0.3, 0.4) is 0 Å². The first-order chi connectivity index (χ1) is 12.2. The van der Waals surface area contributed by atoms with Gasteiger partial charge in [-0.3, -0.25) is 9.69 Å². The van der Waals surface area contributed by atoms with Gasteiger partial charge in [-0.15, -0.1) is 21.5 Å². The predicted molar refractivity (Wildman–Crippen MR) is 102 cm³/mol. The summed E-state index contributed by atoms with van der Waals surface area (Å²) in [7, 11) is 1.62. The minimum Gasteiger partial charge on any atom is -0.383 e. The lowest BCUT2D eigenvalue weighted by molar-refractivity contribution is -0.118. The van der Waals surface area contributed by atoms with E-state index in [0.29, 0.717) is 24.7 Å². The molecule has 0 fully saturated rings. The number of nitrogens with zero attached hydrogens (tertiary/aromatic N) is 3. The van der Waals surface area contributed by atoms with Crippen LogP contribution in [0.1, 0.15) is 10.4 Å². The van der Waals surface area contributed by atoms with Crippen LogP contribution in [-0.2, 0) is 16.0 Å². The van der Waals surface area contributed by atoms with Crippen molar-refractivity contribution in [2.75, 3.05) is 25.2 Å². The molecule has 25 heavy (non-hydrogen) atoms. The molecular weight excluding hydrogens is 354 g/mol. The second-order valence-electron chi connectivity index (χ2n) is 5.55. The van der Waals surface area contributed by atoms with Gasteiger partial charge >= 0.3 is 0 Å². The fourth-order valence-electron chi connectivity index (χ4n) is 2.30. The Morgan fingerprint density at radius 2 is 2.00 bits per heavy atom. The van der Waals surface area contributed by atoms with Crippen molar-refractivity contribution in [1.82, 2.24) is 10.2 Å². The zero-order chi connectivity index (χ0) is 17.6. The molecule has 0 N–H and O–H groups in total. The number of hydrogen-bond donors (Lipinski definition) is 0. The lowest BCUT2D eigenvalue weighted by Crippen LogP contribution is -2.34. The van der Waals surface area contributed by atoms with Crippen LogP contribution in [0.15, 0.2) is 41.8 Å². The fourth-order valence-corrected chi connectivity index (χ4v) is 3.89. The number of aromatic nitrogens is 2. The fraction of sp³-hybridized carbons (Fsp3) is 0.278. The molecule has 1 amide bonds. The number of anilines is 1. The molecule has 0 radical (unpaired) electrons. The number of amides is 1. The SMILES string of the molecule is COCCN(C(=O)Cc1cccs1)c1nnc(-c2ccc(C)cc2)s1. The molecule has 0 aliphatic rings. The van der Waals surface area contributed by atoms with Crippen LogP contribution in [0.4, 0.5) is 5.13 Å². The van der Waals surface area contributed by atoms with Gasteiger partial charge in [0.1, 0.15) is 5.01 Å². The Morgan fingerprint density at radius 3 is 2.68 bits per heavy atom. The minimum atomic E-state index is 0.00565. The summed E-state index contributed by atoms with van der Waals surface area (Å²) in [6.07, 6.45) is 0.362. The Balaban J connectivity index is 1.81. The highest BCUT2D eigenvalue weighted by molar-refractivity contribution is 7.18. The number of carbonyl (C=O) groups is 1. The van der Waals surface area contributed by atoms with Crippen LogP contribution in [0.25, 0.3) is 10.6 Å². The second-order valence-corrected chi connectivity index (χ2v) is 7.54. The molecule has 2 heterocycles. The van der Waals surface area contributed by atoms with Crippen LogP contribution >= 0.6 is 22.7 Å². The number of aryl methyl sites for hydroxylation is 1. The van der Waals surface area contributed by atoms with E-state index in [9.17, 15) is 4.79 Å². The maximum Gasteiger partial charge on any atom is 0.234 e. The molecule has 5 nitrogen and oxygen atoms in total. The van der Waals surface area contributed by atoms with Crippen LogP contribution in [0, 0.1) is 6.92 Å². The highest BCUT2D eigenvalue weighted by atomic mass is 32.1. The van der Waals surface area contributed by atoms with Crippen LogP contribution < -0.4 is 4.90 Å². The third kappa shape index (κ3) is 4.50. The van der Waals surface area contributed by atoms with E-state index < -0.39 is 0 Å². The van der Waals surface area contributed by atoms with Crippen LogP contribution in [0.2, 0.25) is 0 Å². The highest BCUT2D eigenvalue weighted by Gasteiger charge is 2.21. The smallest absolute Gasteiger partial charge is 0.234 e. The summed E-state index contributed by atoms with van der Waals surface area (Å²) in [4.78, 5) is 15.4. The van der Waals surface area contributed by atoms with Gasteiger partial charge in [-0.05, 0) is 18.4 Å². The van der Waals surface area contributed by atoms with Gasteiger partial charge in [0.05, 0.1) is 19.6 Å². The van der Waals surface area contributed by atoms with E-state index in [1.807, 2.05) is 48.7 Å². The number of ether oxygens (including phenoxy) is 1. The Bertz CT molecular complexity index is 813. The first-order valence-corrected chi connectivity index (χ1v) is 9.59. The topological polar surface area (TPSA) is 55.3 Å². The predicted octanol–water partition coefficient (Wildman–Crippen LogP) is 3.80. The molecule has 2 aromatic heterocycles. The summed E-state index contributed by atoms with van der Waals surface area (Å²) < 4.78 is 5.15. The highest BCUT2D eigenvalue weighted by Crippen LogP contribution is 2.29. The standard InChI is InChI=1S/C18H19N3O2S2/c1-13-5-7-14(8-6-13)17-19-20-18(25-17)21(9-10-23-2)16(22)12-15-4-3-11-24-15/h3-8,11H,9-10,12H2,1-2H3. The summed E-state index contributed by atoms with van der Waals surface area (Å²) >= 11 is 3.00. The Kier molecular flexibility index (Phi) is 5.91. The normalized spacial score (nSPS) is 10.8. The lowest BCUT2D eigenvalue weighted by atomic mass is 10.2. The molecule has 0 spiro atoms. The number of methoxy groups -OCH3 is 1. The molecule has 0 aliphatic heterocycles. The Hall–Kier alpha value is -2.09. The van der Waals surface area contributed by atoms with Crippen molar-refractivity contribution >= 4 is 33.7 Å². The molecular formula is C18H19N3O2S2. The molecule has 1 aromatic carbocycles. The maximum atomic E-state index is 12.7. The zero-order valence-electron chi connectivity index (χ0n) is 14.1. The summed E-state index contributed by atoms with van der Waals surface area (Å²) in [5.41, 5.74) is 2.20. The van der Waals surface area contributed by atoms with Crippen molar-refractivity contribution in [2.45, 2.75) is 13.3 Å². The monoisotopic (exact) mass is 373 g/mol.